The van der Waals surface area contributed by atoms with Crippen LogP contribution in [-0.4, -0.2) is 66.9 Å². The summed E-state index contributed by atoms with van der Waals surface area (Å²) in [6, 6.07) is 15.6. The largest absolute Gasteiger partial charge is 0.493 e. The molecule has 1 aliphatic rings. The van der Waals surface area contributed by atoms with Gasteiger partial charge in [0.1, 0.15) is 11.5 Å². The lowest BCUT2D eigenvalue weighted by molar-refractivity contribution is 0.266. The Morgan fingerprint density at radius 3 is 1.57 bits per heavy atom. The second kappa shape index (κ2) is 14.4. The molecule has 0 aliphatic carbocycles. The molecule has 0 radical (unpaired) electrons. The van der Waals surface area contributed by atoms with Crippen molar-refractivity contribution < 1.29 is 9.47 Å². The average Bonchev–Trinajstić information content (AvgIpc) is 3.51. The van der Waals surface area contributed by atoms with Crippen molar-refractivity contribution >= 4 is 60.4 Å². The summed E-state index contributed by atoms with van der Waals surface area (Å²) in [5.41, 5.74) is 1.74. The highest BCUT2D eigenvalue weighted by atomic mass is 32.2. The van der Waals surface area contributed by atoms with Crippen molar-refractivity contribution in [1.82, 2.24) is 29.7 Å². The van der Waals surface area contributed by atoms with Crippen LogP contribution in [0.5, 0.6) is 11.5 Å². The van der Waals surface area contributed by atoms with Gasteiger partial charge in [-0.05, 0) is 74.4 Å². The van der Waals surface area contributed by atoms with E-state index < -0.39 is 0 Å². The molecule has 2 aromatic carbocycles. The van der Waals surface area contributed by atoms with Crippen LogP contribution in [0.3, 0.4) is 0 Å². The molecule has 0 bridgehead atoms. The summed E-state index contributed by atoms with van der Waals surface area (Å²) >= 11 is 14.0. The van der Waals surface area contributed by atoms with Crippen molar-refractivity contribution in [3.8, 4) is 11.5 Å². The molecule has 3 heterocycles. The number of aromatic amines is 2. The smallest absolute Gasteiger partial charge is 0.217 e. The molecular formula is C26H28N8O2S4. The molecule has 40 heavy (non-hydrogen) atoms. The average molecular weight is 613 g/mol. The summed E-state index contributed by atoms with van der Waals surface area (Å²) in [5, 5.41) is 25.0. The van der Waals surface area contributed by atoms with Crippen LogP contribution in [0.1, 0.15) is 36.8 Å². The minimum atomic E-state index is 0.444. The first-order valence-corrected chi connectivity index (χ1v) is 15.6. The zero-order valence-electron chi connectivity index (χ0n) is 21.6. The number of nitrogens with one attached hydrogen (secondary N) is 2. The summed E-state index contributed by atoms with van der Waals surface area (Å²) in [4.78, 5) is 0. The molecule has 0 fully saturated rings. The van der Waals surface area contributed by atoms with E-state index in [1.165, 1.54) is 0 Å². The Morgan fingerprint density at radius 2 is 1.10 bits per heavy atom. The SMILES string of the molecule is S=c1[nH]nc2n1/N=C\c1ccccc1OCCCCOc1ccccc1/C=N/n1c(n[nH]c1=S)SCCCCS2. The summed E-state index contributed by atoms with van der Waals surface area (Å²) in [7, 11) is 0. The summed E-state index contributed by atoms with van der Waals surface area (Å²) in [6.07, 6.45) is 7.15. The van der Waals surface area contributed by atoms with Crippen LogP contribution in [0.25, 0.3) is 0 Å². The zero-order chi connectivity index (χ0) is 27.6. The lowest BCUT2D eigenvalue weighted by atomic mass is 10.2. The first-order chi connectivity index (χ1) is 19.7. The van der Waals surface area contributed by atoms with Gasteiger partial charge >= 0.3 is 0 Å². The van der Waals surface area contributed by atoms with Crippen LogP contribution < -0.4 is 9.47 Å². The van der Waals surface area contributed by atoms with Crippen molar-refractivity contribution in [3.63, 3.8) is 0 Å². The van der Waals surface area contributed by atoms with Gasteiger partial charge in [0.15, 0.2) is 0 Å². The molecule has 5 rings (SSSR count). The Bertz CT molecular complexity index is 1470. The van der Waals surface area contributed by atoms with E-state index in [0.29, 0.717) is 22.8 Å². The van der Waals surface area contributed by atoms with Gasteiger partial charge in [-0.2, -0.15) is 19.6 Å². The Morgan fingerprint density at radius 1 is 0.650 bits per heavy atom. The van der Waals surface area contributed by atoms with Gasteiger partial charge in [0.2, 0.25) is 19.9 Å². The molecule has 14 heteroatoms. The van der Waals surface area contributed by atoms with E-state index in [-0.39, 0.29) is 0 Å². The normalized spacial score (nSPS) is 17.0. The van der Waals surface area contributed by atoms with Crippen molar-refractivity contribution in [3.05, 3.63) is 69.2 Å². The number of rotatable bonds is 0. The number of hydrogen-bond acceptors (Lipinski definition) is 10. The number of fused-ring (bicyclic) bond motifs is 4. The number of H-pyrrole nitrogens is 2. The van der Waals surface area contributed by atoms with Crippen molar-refractivity contribution in [1.29, 1.82) is 0 Å². The molecule has 2 N–H and O–H groups in total. The van der Waals surface area contributed by atoms with E-state index in [2.05, 4.69) is 30.6 Å². The molecule has 0 unspecified atom stereocenters. The minimum Gasteiger partial charge on any atom is -0.493 e. The van der Waals surface area contributed by atoms with Crippen molar-refractivity contribution in [2.45, 2.75) is 36.0 Å². The summed E-state index contributed by atoms with van der Waals surface area (Å²) in [5.74, 6) is 3.28. The predicted molar refractivity (Wildman–Crippen MR) is 165 cm³/mol. The van der Waals surface area contributed by atoms with Gasteiger partial charge in [-0.15, -0.1) is 10.2 Å². The first-order valence-electron chi connectivity index (χ1n) is 12.8. The van der Waals surface area contributed by atoms with Gasteiger partial charge in [-0.1, -0.05) is 47.8 Å². The van der Waals surface area contributed by atoms with Gasteiger partial charge in [-0.3, -0.25) is 0 Å². The maximum atomic E-state index is 6.08. The van der Waals surface area contributed by atoms with E-state index in [1.54, 1.807) is 45.3 Å². The van der Waals surface area contributed by atoms with E-state index in [9.17, 15) is 0 Å². The second-order valence-electron chi connectivity index (χ2n) is 8.62. The third kappa shape index (κ3) is 7.50. The molecule has 10 nitrogen and oxygen atoms in total. The van der Waals surface area contributed by atoms with E-state index >= 15 is 0 Å². The van der Waals surface area contributed by atoms with Crippen molar-refractivity contribution in [2.75, 3.05) is 24.7 Å². The molecule has 208 valence electrons. The van der Waals surface area contributed by atoms with Crippen molar-refractivity contribution in [2.24, 2.45) is 10.2 Å². The molecule has 2 aromatic heterocycles. The highest BCUT2D eigenvalue weighted by molar-refractivity contribution is 7.99. The van der Waals surface area contributed by atoms with Crippen LogP contribution in [-0.2, 0) is 0 Å². The number of aromatic nitrogens is 6. The van der Waals surface area contributed by atoms with E-state index in [0.717, 1.165) is 70.1 Å². The highest BCUT2D eigenvalue weighted by Gasteiger charge is 2.09. The molecule has 0 atom stereocenters. The lowest BCUT2D eigenvalue weighted by Crippen LogP contribution is -2.05. The van der Waals surface area contributed by atoms with Gasteiger partial charge in [0.25, 0.3) is 0 Å². The minimum absolute atomic E-state index is 0.444. The lowest BCUT2D eigenvalue weighted by Gasteiger charge is -2.11. The van der Waals surface area contributed by atoms with Crippen LogP contribution in [0.2, 0.25) is 0 Å². The molecule has 4 aromatic rings. The fourth-order valence-electron chi connectivity index (χ4n) is 3.72. The Hall–Kier alpha value is -3.20. The van der Waals surface area contributed by atoms with Gasteiger partial charge in [0, 0.05) is 22.6 Å². The second-order valence-corrected chi connectivity index (χ2v) is 11.5. The number of para-hydroxylation sites is 2. The number of thioether (sulfide) groups is 2. The number of hydrogen-bond donors (Lipinski definition) is 2. The summed E-state index contributed by atoms with van der Waals surface area (Å²) in [6.45, 7) is 1.12. The predicted octanol–water partition coefficient (Wildman–Crippen LogP) is 6.18. The van der Waals surface area contributed by atoms with E-state index in [1.807, 2.05) is 48.5 Å². The van der Waals surface area contributed by atoms with E-state index in [4.69, 9.17) is 33.9 Å². The fourth-order valence-corrected chi connectivity index (χ4v) is 6.00. The fraction of sp³-hybridized carbons (Fsp3) is 0.308. The van der Waals surface area contributed by atoms with Gasteiger partial charge in [-0.25, -0.2) is 10.2 Å². The van der Waals surface area contributed by atoms with Crippen LogP contribution in [0.15, 0.2) is 69.0 Å². The summed E-state index contributed by atoms with van der Waals surface area (Å²) < 4.78 is 16.3. The Balaban J connectivity index is 1.33. The number of benzene rings is 2. The third-order valence-corrected chi connectivity index (χ3v) is 8.32. The van der Waals surface area contributed by atoms with Gasteiger partial charge < -0.3 is 9.47 Å². The third-order valence-electron chi connectivity index (χ3n) is 5.76. The topological polar surface area (TPSA) is 110 Å². The number of ether oxygens (including phenoxy) is 2. The Kier molecular flexibility index (Phi) is 10.2. The van der Waals surface area contributed by atoms with Crippen LogP contribution in [0, 0.1) is 9.54 Å². The maximum absolute atomic E-state index is 6.08. The quantitative estimate of drug-likeness (QED) is 0.227. The van der Waals surface area contributed by atoms with Crippen LogP contribution >= 0.6 is 48.0 Å². The maximum Gasteiger partial charge on any atom is 0.217 e. The molecule has 1 aliphatic heterocycles. The first kappa shape index (κ1) is 28.3. The molecule has 0 saturated carbocycles. The zero-order valence-corrected chi connectivity index (χ0v) is 24.8. The van der Waals surface area contributed by atoms with Crippen LogP contribution in [0.4, 0.5) is 0 Å². The standard InChI is InChI=1S/C26H28N8O2S4/c37-23-29-31-25-33(23)27-17-19-9-1-3-11-21(19)35-13-5-6-14-36-22-12-4-2-10-20(22)18-28-34-24(38)30-32-26(34)40-16-8-7-15-39-25/h1-4,9-12,17-18H,5-8,13-16H2,(H,29,37)(H,30,38)/b27-17-,28-18+. The Labute approximate surface area is 250 Å². The molecular weight excluding hydrogens is 585 g/mol. The molecule has 0 spiro atoms. The monoisotopic (exact) mass is 612 g/mol. The molecule has 0 saturated heterocycles. The number of nitrogens with zero attached hydrogens (tertiary/aromatic N) is 6. The molecule has 0 amide bonds. The van der Waals surface area contributed by atoms with Gasteiger partial charge in [0.05, 0.1) is 25.6 Å². The highest BCUT2D eigenvalue weighted by Crippen LogP contribution is 2.22.